The van der Waals surface area contributed by atoms with Gasteiger partial charge in [0.2, 0.25) is 0 Å². The lowest BCUT2D eigenvalue weighted by molar-refractivity contribution is -0.137. The van der Waals surface area contributed by atoms with Crippen LogP contribution in [0.4, 0.5) is 0 Å². The Kier molecular flexibility index (Phi) is 5.60. The number of methoxy groups -OCH3 is 2. The van der Waals surface area contributed by atoms with Crippen LogP contribution in [0.15, 0.2) is 11.4 Å². The summed E-state index contributed by atoms with van der Waals surface area (Å²) in [4.78, 5) is 24.5. The van der Waals surface area contributed by atoms with Gasteiger partial charge in [-0.3, -0.25) is 9.59 Å². The van der Waals surface area contributed by atoms with Crippen molar-refractivity contribution in [1.82, 2.24) is 4.90 Å². The van der Waals surface area contributed by atoms with Gasteiger partial charge in [-0.1, -0.05) is 0 Å². The number of ether oxygens (including phenoxy) is 2. The summed E-state index contributed by atoms with van der Waals surface area (Å²) < 4.78 is 9.84. The van der Waals surface area contributed by atoms with Gasteiger partial charge in [-0.05, 0) is 0 Å². The Morgan fingerprint density at radius 2 is 2.17 bits per heavy atom. The lowest BCUT2D eigenvalue weighted by atomic mass is 10.3. The van der Waals surface area contributed by atoms with Gasteiger partial charge in [0, 0.05) is 25.1 Å². The van der Waals surface area contributed by atoms with Crippen molar-refractivity contribution in [1.29, 1.82) is 0 Å². The molecule has 1 amide bonds. The number of thiophene rings is 1. The molecule has 0 aliphatic carbocycles. The van der Waals surface area contributed by atoms with Crippen molar-refractivity contribution in [2.45, 2.75) is 0 Å². The lowest BCUT2D eigenvalue weighted by Crippen LogP contribution is -2.37. The van der Waals surface area contributed by atoms with Gasteiger partial charge in [0.1, 0.15) is 12.3 Å². The first-order valence-corrected chi connectivity index (χ1v) is 6.09. The van der Waals surface area contributed by atoms with Gasteiger partial charge >= 0.3 is 5.97 Å². The number of amides is 1. The molecule has 0 aromatic carbocycles. The number of aliphatic carboxylic acids is 1. The fourth-order valence-electron chi connectivity index (χ4n) is 1.31. The molecule has 0 aliphatic rings. The van der Waals surface area contributed by atoms with Crippen LogP contribution >= 0.6 is 11.3 Å². The summed E-state index contributed by atoms with van der Waals surface area (Å²) in [5, 5.41) is 10.5. The predicted octanol–water partition coefficient (Wildman–Crippen LogP) is 0.930. The molecule has 0 atom stereocenters. The van der Waals surface area contributed by atoms with Gasteiger partial charge in [-0.15, -0.1) is 11.3 Å². The summed E-state index contributed by atoms with van der Waals surface area (Å²) in [5.41, 5.74) is 0. The smallest absolute Gasteiger partial charge is 0.323 e. The van der Waals surface area contributed by atoms with Crippen LogP contribution in [0.2, 0.25) is 0 Å². The van der Waals surface area contributed by atoms with E-state index in [1.807, 2.05) is 0 Å². The molecule has 0 bridgehead atoms. The first-order valence-electron chi connectivity index (χ1n) is 5.21. The molecule has 18 heavy (non-hydrogen) atoms. The van der Waals surface area contributed by atoms with E-state index in [0.717, 1.165) is 0 Å². The highest BCUT2D eigenvalue weighted by Crippen LogP contribution is 2.22. The Hall–Kier alpha value is -1.60. The van der Waals surface area contributed by atoms with Crippen molar-refractivity contribution < 1.29 is 24.2 Å². The van der Waals surface area contributed by atoms with Crippen molar-refractivity contribution in [3.63, 3.8) is 0 Å². The molecule has 0 saturated carbocycles. The van der Waals surface area contributed by atoms with Crippen LogP contribution in [-0.2, 0) is 9.53 Å². The summed E-state index contributed by atoms with van der Waals surface area (Å²) in [6.07, 6.45) is 0. The number of carboxylic acid groups (broad SMARTS) is 1. The molecule has 1 N–H and O–H groups in total. The topological polar surface area (TPSA) is 76.1 Å². The number of nitrogens with zero attached hydrogens (tertiary/aromatic N) is 1. The Balaban J connectivity index is 2.76. The maximum atomic E-state index is 12.1. The molecule has 100 valence electrons. The minimum atomic E-state index is -1.05. The van der Waals surface area contributed by atoms with Crippen LogP contribution in [0.3, 0.4) is 0 Å². The second-order valence-electron chi connectivity index (χ2n) is 3.46. The number of carbonyl (C=O) groups excluding carboxylic acids is 1. The first kappa shape index (κ1) is 14.5. The molecule has 1 rings (SSSR count). The Labute approximate surface area is 109 Å². The molecule has 7 heteroatoms. The summed E-state index contributed by atoms with van der Waals surface area (Å²) in [6.45, 7) is 0.186. The maximum Gasteiger partial charge on any atom is 0.323 e. The van der Waals surface area contributed by atoms with E-state index < -0.39 is 5.97 Å². The van der Waals surface area contributed by atoms with E-state index >= 15 is 0 Å². The summed E-state index contributed by atoms with van der Waals surface area (Å²) in [6, 6.07) is 1.59. The second-order valence-corrected chi connectivity index (χ2v) is 4.38. The van der Waals surface area contributed by atoms with Gasteiger partial charge in [0.15, 0.2) is 0 Å². The van der Waals surface area contributed by atoms with E-state index in [1.165, 1.54) is 30.5 Å². The third-order valence-corrected chi connectivity index (χ3v) is 3.10. The third kappa shape index (κ3) is 4.01. The molecule has 0 unspecified atom stereocenters. The zero-order chi connectivity index (χ0) is 13.5. The molecule has 0 spiro atoms. The monoisotopic (exact) mass is 273 g/mol. The van der Waals surface area contributed by atoms with Crippen LogP contribution in [0.1, 0.15) is 9.67 Å². The highest BCUT2D eigenvalue weighted by molar-refractivity contribution is 7.12. The fraction of sp³-hybridized carbons (Fsp3) is 0.455. The van der Waals surface area contributed by atoms with E-state index in [9.17, 15) is 9.59 Å². The SMILES string of the molecule is COCCN(CC(=O)O)C(=O)c1cc(OC)cs1. The van der Waals surface area contributed by atoms with Gasteiger partial charge in [0.05, 0.1) is 18.6 Å². The first-order chi connectivity index (χ1) is 8.58. The molecule has 1 heterocycles. The largest absolute Gasteiger partial charge is 0.496 e. The summed E-state index contributed by atoms with van der Waals surface area (Å²) in [7, 11) is 3.01. The zero-order valence-corrected chi connectivity index (χ0v) is 11.0. The molecule has 0 saturated heterocycles. The zero-order valence-electron chi connectivity index (χ0n) is 10.2. The lowest BCUT2D eigenvalue weighted by Gasteiger charge is -2.19. The van der Waals surface area contributed by atoms with E-state index in [1.54, 1.807) is 11.4 Å². The van der Waals surface area contributed by atoms with E-state index in [2.05, 4.69) is 0 Å². The Morgan fingerprint density at radius 3 is 2.67 bits per heavy atom. The molecule has 1 aromatic rings. The van der Waals surface area contributed by atoms with Gasteiger partial charge in [0.25, 0.3) is 5.91 Å². The molecular weight excluding hydrogens is 258 g/mol. The predicted molar refractivity (Wildman–Crippen MR) is 66.3 cm³/mol. The molecule has 0 fully saturated rings. The Morgan fingerprint density at radius 1 is 1.44 bits per heavy atom. The fourth-order valence-corrected chi connectivity index (χ4v) is 2.13. The quantitative estimate of drug-likeness (QED) is 0.799. The molecule has 0 radical (unpaired) electrons. The molecular formula is C11H15NO5S. The van der Waals surface area contributed by atoms with Crippen molar-refractivity contribution in [3.8, 4) is 5.75 Å². The number of carbonyl (C=O) groups is 2. The van der Waals surface area contributed by atoms with Crippen LogP contribution in [0, 0.1) is 0 Å². The standard InChI is InChI=1S/C11H15NO5S/c1-16-4-3-12(6-10(13)14)11(15)9-5-8(17-2)7-18-9/h5,7H,3-4,6H2,1-2H3,(H,13,14). The molecule has 1 aromatic heterocycles. The van der Waals surface area contributed by atoms with Crippen molar-refractivity contribution in [2.24, 2.45) is 0 Å². The van der Waals surface area contributed by atoms with E-state index in [0.29, 0.717) is 17.2 Å². The van der Waals surface area contributed by atoms with Gasteiger partial charge in [-0.2, -0.15) is 0 Å². The van der Waals surface area contributed by atoms with E-state index in [4.69, 9.17) is 14.6 Å². The van der Waals surface area contributed by atoms with Crippen LogP contribution < -0.4 is 4.74 Å². The summed E-state index contributed by atoms with van der Waals surface area (Å²) in [5.74, 6) is -0.795. The molecule has 0 aliphatic heterocycles. The number of hydrogen-bond donors (Lipinski definition) is 1. The highest BCUT2D eigenvalue weighted by atomic mass is 32.1. The Bertz CT molecular complexity index is 417. The van der Waals surface area contributed by atoms with Crippen LogP contribution in [0.25, 0.3) is 0 Å². The minimum absolute atomic E-state index is 0.238. The highest BCUT2D eigenvalue weighted by Gasteiger charge is 2.20. The van der Waals surface area contributed by atoms with Crippen molar-refractivity contribution in [3.05, 3.63) is 16.3 Å². The minimum Gasteiger partial charge on any atom is -0.496 e. The van der Waals surface area contributed by atoms with Crippen LogP contribution in [-0.4, -0.2) is 55.8 Å². The number of carboxylic acids is 1. The van der Waals surface area contributed by atoms with Gasteiger partial charge in [-0.25, -0.2) is 0 Å². The number of rotatable bonds is 7. The normalized spacial score (nSPS) is 10.1. The van der Waals surface area contributed by atoms with Crippen LogP contribution in [0.5, 0.6) is 5.75 Å². The van der Waals surface area contributed by atoms with Crippen molar-refractivity contribution >= 4 is 23.2 Å². The van der Waals surface area contributed by atoms with Crippen molar-refractivity contribution in [2.75, 3.05) is 33.9 Å². The van der Waals surface area contributed by atoms with E-state index in [-0.39, 0.29) is 19.0 Å². The maximum absolute atomic E-state index is 12.1. The third-order valence-electron chi connectivity index (χ3n) is 2.20. The van der Waals surface area contributed by atoms with Gasteiger partial charge < -0.3 is 19.5 Å². The average Bonchev–Trinajstić information content (AvgIpc) is 2.81. The summed E-state index contributed by atoms with van der Waals surface area (Å²) >= 11 is 1.22. The second kappa shape index (κ2) is 6.97. The number of hydrogen-bond acceptors (Lipinski definition) is 5. The average molecular weight is 273 g/mol. The molecule has 6 nitrogen and oxygen atoms in total.